The standard InChI is InChI=1S/C37H59N15O6.ClH/c1-4-20-56-22-24-58-25-23-57-21-10-39-35-40-36(49-15-11-47(12-16-49)32(54)28-51-26-30(43-45-51)7-5-6-9-38)42-37(41-35)50-17-13-48(14-18-50)34(55)33(29(2)3)52-27-31(8-19-53)44-46-52;/h1,26-27,29,33,53H,5-25,28,38H2,2-3H3,(H,39,40,41,42);1H/t33-;/m0./s1. The number of carbonyl (C=O) groups excluding carboxylic acids is 2. The molecule has 2 aliphatic rings. The summed E-state index contributed by atoms with van der Waals surface area (Å²) < 4.78 is 19.6. The minimum Gasteiger partial charge on any atom is -0.396 e. The van der Waals surface area contributed by atoms with E-state index in [1.54, 1.807) is 15.6 Å². The topological polar surface area (TPSA) is 233 Å². The minimum atomic E-state index is -0.515. The van der Waals surface area contributed by atoms with Crippen LogP contribution >= 0.6 is 12.4 Å². The van der Waals surface area contributed by atoms with Gasteiger partial charge in [-0.1, -0.05) is 30.2 Å². The first-order valence-corrected chi connectivity index (χ1v) is 20.1. The monoisotopic (exact) mass is 845 g/mol. The Hall–Kier alpha value is -4.72. The summed E-state index contributed by atoms with van der Waals surface area (Å²) in [7, 11) is 0. The van der Waals surface area contributed by atoms with Crippen LogP contribution < -0.4 is 20.9 Å². The van der Waals surface area contributed by atoms with Gasteiger partial charge < -0.3 is 50.0 Å². The predicted octanol–water partition coefficient (Wildman–Crippen LogP) is -0.718. The summed E-state index contributed by atoms with van der Waals surface area (Å²) in [6.45, 7) is 11.6. The normalized spacial score (nSPS) is 15.0. The van der Waals surface area contributed by atoms with Crippen molar-refractivity contribution in [1.29, 1.82) is 0 Å². The number of aryl methyl sites for hydroxylation is 1. The third-order valence-corrected chi connectivity index (χ3v) is 9.73. The molecule has 1 atom stereocenters. The molecule has 3 aromatic rings. The van der Waals surface area contributed by atoms with Crippen LogP contribution in [0.5, 0.6) is 0 Å². The zero-order valence-corrected chi connectivity index (χ0v) is 35.0. The Morgan fingerprint density at radius 2 is 1.44 bits per heavy atom. The Morgan fingerprint density at radius 3 is 2.07 bits per heavy atom. The second-order valence-electron chi connectivity index (χ2n) is 14.4. The summed E-state index contributed by atoms with van der Waals surface area (Å²) in [5, 5.41) is 29.3. The van der Waals surface area contributed by atoms with E-state index in [1.165, 1.54) is 0 Å². The number of ether oxygens (including phenoxy) is 3. The van der Waals surface area contributed by atoms with Gasteiger partial charge in [0.05, 0.1) is 44.4 Å². The third-order valence-electron chi connectivity index (χ3n) is 9.73. The average molecular weight is 846 g/mol. The fourth-order valence-electron chi connectivity index (χ4n) is 6.59. The van der Waals surface area contributed by atoms with Crippen LogP contribution in [-0.4, -0.2) is 183 Å². The fourth-order valence-corrected chi connectivity index (χ4v) is 6.59. The maximum atomic E-state index is 13.8. The van der Waals surface area contributed by atoms with Crippen molar-refractivity contribution in [2.24, 2.45) is 11.7 Å². The van der Waals surface area contributed by atoms with E-state index >= 15 is 0 Å². The van der Waals surface area contributed by atoms with E-state index in [4.69, 9.17) is 41.3 Å². The van der Waals surface area contributed by atoms with Gasteiger partial charge >= 0.3 is 0 Å². The lowest BCUT2D eigenvalue weighted by Gasteiger charge is -2.38. The van der Waals surface area contributed by atoms with Gasteiger partial charge in [0.15, 0.2) is 0 Å². The number of aliphatic hydroxyl groups is 1. The van der Waals surface area contributed by atoms with E-state index < -0.39 is 6.04 Å². The van der Waals surface area contributed by atoms with E-state index in [0.29, 0.717) is 128 Å². The first-order chi connectivity index (χ1) is 28.3. The van der Waals surface area contributed by atoms with E-state index in [1.807, 2.05) is 29.8 Å². The summed E-state index contributed by atoms with van der Waals surface area (Å²) in [6, 6.07) is -0.515. The smallest absolute Gasteiger partial charge is 0.247 e. The van der Waals surface area contributed by atoms with Crippen LogP contribution in [0.4, 0.5) is 17.8 Å². The number of terminal acetylenes is 1. The van der Waals surface area contributed by atoms with Crippen molar-refractivity contribution in [3.63, 3.8) is 0 Å². The van der Waals surface area contributed by atoms with Crippen LogP contribution in [0, 0.1) is 18.3 Å². The molecular weight excluding hydrogens is 786 g/mol. The zero-order chi connectivity index (χ0) is 41.1. The Balaban J connectivity index is 0.00000769. The molecule has 5 rings (SSSR count). The fraction of sp³-hybridized carbons (Fsp3) is 0.703. The van der Waals surface area contributed by atoms with Gasteiger partial charge in [-0.05, 0) is 31.7 Å². The summed E-state index contributed by atoms with van der Waals surface area (Å²) in [6.07, 6.45) is 11.8. The molecule has 2 aliphatic heterocycles. The van der Waals surface area contributed by atoms with Gasteiger partial charge in [-0.15, -0.1) is 29.0 Å². The summed E-state index contributed by atoms with van der Waals surface area (Å²) >= 11 is 0. The number of nitrogens with zero attached hydrogens (tertiary/aromatic N) is 13. The van der Waals surface area contributed by atoms with E-state index in [0.717, 1.165) is 25.0 Å². The lowest BCUT2D eigenvalue weighted by molar-refractivity contribution is -0.137. The summed E-state index contributed by atoms with van der Waals surface area (Å²) in [5.41, 5.74) is 7.10. The van der Waals surface area contributed by atoms with E-state index in [9.17, 15) is 14.7 Å². The largest absolute Gasteiger partial charge is 0.396 e. The van der Waals surface area contributed by atoms with Gasteiger partial charge in [-0.2, -0.15) is 15.0 Å². The van der Waals surface area contributed by atoms with Crippen molar-refractivity contribution < 1.29 is 28.9 Å². The average Bonchev–Trinajstić information content (AvgIpc) is 3.89. The van der Waals surface area contributed by atoms with Gasteiger partial charge in [0.1, 0.15) is 19.2 Å². The molecule has 326 valence electrons. The van der Waals surface area contributed by atoms with Crippen molar-refractivity contribution in [2.75, 3.05) is 127 Å². The van der Waals surface area contributed by atoms with Crippen LogP contribution in [0.1, 0.15) is 44.1 Å². The quantitative estimate of drug-likeness (QED) is 0.0746. The maximum Gasteiger partial charge on any atom is 0.247 e. The number of amides is 2. The molecule has 2 amide bonds. The van der Waals surface area contributed by atoms with Crippen molar-refractivity contribution in [3.8, 4) is 12.3 Å². The highest BCUT2D eigenvalue weighted by molar-refractivity contribution is 5.85. The van der Waals surface area contributed by atoms with E-state index in [-0.39, 0.29) is 49.9 Å². The van der Waals surface area contributed by atoms with Crippen LogP contribution in [0.25, 0.3) is 0 Å². The van der Waals surface area contributed by atoms with Gasteiger partial charge in [-0.3, -0.25) is 9.59 Å². The van der Waals surface area contributed by atoms with Crippen LogP contribution in [0.3, 0.4) is 0 Å². The summed E-state index contributed by atoms with van der Waals surface area (Å²) in [4.78, 5) is 49.3. The summed E-state index contributed by atoms with van der Waals surface area (Å²) in [5.74, 6) is 3.74. The number of hydrogen-bond acceptors (Lipinski definition) is 17. The van der Waals surface area contributed by atoms with Crippen molar-refractivity contribution in [1.82, 2.24) is 54.7 Å². The number of halogens is 1. The number of carbonyl (C=O) groups is 2. The highest BCUT2D eigenvalue weighted by Crippen LogP contribution is 2.24. The third kappa shape index (κ3) is 14.5. The molecule has 21 nitrogen and oxygen atoms in total. The second kappa shape index (κ2) is 25.0. The molecule has 0 unspecified atom stereocenters. The number of aromatic nitrogens is 9. The predicted molar refractivity (Wildman–Crippen MR) is 221 cm³/mol. The van der Waals surface area contributed by atoms with Crippen molar-refractivity contribution >= 4 is 42.1 Å². The number of aliphatic hydroxyl groups excluding tert-OH is 1. The molecule has 0 bridgehead atoms. The number of anilines is 3. The molecule has 4 N–H and O–H groups in total. The molecule has 0 radical (unpaired) electrons. The Morgan fingerprint density at radius 1 is 0.831 bits per heavy atom. The Labute approximate surface area is 351 Å². The molecule has 0 aromatic carbocycles. The van der Waals surface area contributed by atoms with Gasteiger partial charge in [0.25, 0.3) is 0 Å². The van der Waals surface area contributed by atoms with Crippen LogP contribution in [0.15, 0.2) is 12.4 Å². The van der Waals surface area contributed by atoms with Gasteiger partial charge in [0, 0.05) is 84.3 Å². The molecule has 59 heavy (non-hydrogen) atoms. The van der Waals surface area contributed by atoms with Crippen LogP contribution in [0.2, 0.25) is 0 Å². The molecule has 2 saturated heterocycles. The highest BCUT2D eigenvalue weighted by atomic mass is 35.5. The number of unbranched alkanes of at least 4 members (excludes halogenated alkanes) is 1. The van der Waals surface area contributed by atoms with Crippen molar-refractivity contribution in [3.05, 3.63) is 23.8 Å². The molecule has 5 heterocycles. The van der Waals surface area contributed by atoms with Gasteiger partial charge in [-0.25, -0.2) is 9.36 Å². The lowest BCUT2D eigenvalue weighted by atomic mass is 10.0. The maximum absolute atomic E-state index is 13.8. The van der Waals surface area contributed by atoms with Gasteiger partial charge in [0.2, 0.25) is 29.7 Å². The number of piperazine rings is 2. The molecule has 0 aliphatic carbocycles. The number of hydrogen-bond donors (Lipinski definition) is 3. The molecule has 0 spiro atoms. The molecule has 22 heteroatoms. The molecule has 3 aromatic heterocycles. The molecule has 0 saturated carbocycles. The molecular formula is C37H60ClN15O6. The SMILES string of the molecule is C#CCOCCOCCOCCNc1nc(N2CCN(C(=O)Cn3cc(CCCCN)nn3)CC2)nc(N2CCN(C(=O)[C@H](C(C)C)n3cc(CCO)nn3)CC2)n1.Cl. The second-order valence-corrected chi connectivity index (χ2v) is 14.4. The lowest BCUT2D eigenvalue weighted by Crippen LogP contribution is -2.52. The first kappa shape index (κ1) is 47.0. The Bertz CT molecular complexity index is 1740. The number of nitrogens with one attached hydrogen (secondary N) is 1. The first-order valence-electron chi connectivity index (χ1n) is 20.1. The number of nitrogens with two attached hydrogens (primary N) is 1. The van der Waals surface area contributed by atoms with E-state index in [2.05, 4.69) is 41.7 Å². The minimum absolute atomic E-state index is 0. The highest BCUT2D eigenvalue weighted by Gasteiger charge is 2.33. The Kier molecular flexibility index (Phi) is 19.9. The van der Waals surface area contributed by atoms with Crippen LogP contribution in [-0.2, 0) is 43.2 Å². The number of rotatable bonds is 24. The molecule has 2 fully saturated rings. The van der Waals surface area contributed by atoms with Crippen molar-refractivity contribution in [2.45, 2.75) is 52.1 Å². The zero-order valence-electron chi connectivity index (χ0n) is 34.2.